The van der Waals surface area contributed by atoms with E-state index >= 15 is 0 Å². The molecule has 1 amide bonds. The van der Waals surface area contributed by atoms with Crippen molar-refractivity contribution in [2.75, 3.05) is 39.8 Å². The molecule has 0 saturated carbocycles. The van der Waals surface area contributed by atoms with Crippen LogP contribution in [0.4, 0.5) is 4.79 Å². The number of ether oxygens (including phenoxy) is 1. The van der Waals surface area contributed by atoms with Crippen LogP contribution in [0.2, 0.25) is 0 Å². The standard InChI is InChI=1S/C14H30N4O2/c1-11-10-18(7-6-17(11)5)12(8-15)9-16-13(19)20-14(2,3)4/h11-12H,6-10,15H2,1-5H3,(H,16,19). The number of rotatable bonds is 4. The highest BCUT2D eigenvalue weighted by atomic mass is 16.6. The van der Waals surface area contributed by atoms with Crippen molar-refractivity contribution in [3.63, 3.8) is 0 Å². The molecule has 3 N–H and O–H groups in total. The van der Waals surface area contributed by atoms with E-state index in [2.05, 4.69) is 29.1 Å². The number of nitrogens with two attached hydrogens (primary N) is 1. The van der Waals surface area contributed by atoms with Crippen LogP contribution in [0, 0.1) is 0 Å². The molecule has 1 heterocycles. The summed E-state index contributed by atoms with van der Waals surface area (Å²) in [5.74, 6) is 0. The Kier molecular flexibility index (Phi) is 6.23. The van der Waals surface area contributed by atoms with Crippen LogP contribution in [0.5, 0.6) is 0 Å². The summed E-state index contributed by atoms with van der Waals surface area (Å²) in [4.78, 5) is 16.4. The lowest BCUT2D eigenvalue weighted by molar-refractivity contribution is 0.0464. The molecule has 6 nitrogen and oxygen atoms in total. The van der Waals surface area contributed by atoms with E-state index < -0.39 is 5.60 Å². The van der Waals surface area contributed by atoms with Gasteiger partial charge < -0.3 is 20.7 Å². The summed E-state index contributed by atoms with van der Waals surface area (Å²) >= 11 is 0. The molecule has 20 heavy (non-hydrogen) atoms. The Bertz CT molecular complexity index is 317. The first-order valence-electron chi connectivity index (χ1n) is 7.34. The van der Waals surface area contributed by atoms with E-state index in [9.17, 15) is 4.79 Å². The molecule has 1 aliphatic heterocycles. The van der Waals surface area contributed by atoms with Crippen LogP contribution >= 0.6 is 0 Å². The number of piperazine rings is 1. The van der Waals surface area contributed by atoms with Crippen molar-refractivity contribution >= 4 is 6.09 Å². The fraction of sp³-hybridized carbons (Fsp3) is 0.929. The minimum atomic E-state index is -0.468. The van der Waals surface area contributed by atoms with Crippen LogP contribution in [0.15, 0.2) is 0 Å². The second-order valence-electron chi connectivity index (χ2n) is 6.60. The highest BCUT2D eigenvalue weighted by molar-refractivity contribution is 5.67. The summed E-state index contributed by atoms with van der Waals surface area (Å²) < 4.78 is 5.24. The lowest BCUT2D eigenvalue weighted by atomic mass is 10.1. The first-order valence-corrected chi connectivity index (χ1v) is 7.34. The number of likely N-dealkylation sites (N-methyl/N-ethyl adjacent to an activating group) is 1. The van der Waals surface area contributed by atoms with Crippen molar-refractivity contribution in [1.29, 1.82) is 0 Å². The molecule has 0 bridgehead atoms. The predicted molar refractivity (Wildman–Crippen MR) is 80.7 cm³/mol. The molecule has 0 radical (unpaired) electrons. The minimum absolute atomic E-state index is 0.165. The molecule has 0 aromatic heterocycles. The summed E-state index contributed by atoms with van der Waals surface area (Å²) in [6, 6.07) is 0.679. The molecule has 118 valence electrons. The highest BCUT2D eigenvalue weighted by Gasteiger charge is 2.26. The van der Waals surface area contributed by atoms with Gasteiger partial charge in [0, 0.05) is 44.8 Å². The molecular formula is C14H30N4O2. The minimum Gasteiger partial charge on any atom is -0.444 e. The lowest BCUT2D eigenvalue weighted by Gasteiger charge is -2.41. The third-order valence-corrected chi connectivity index (χ3v) is 3.66. The summed E-state index contributed by atoms with van der Waals surface area (Å²) in [5, 5.41) is 2.82. The summed E-state index contributed by atoms with van der Waals surface area (Å²) in [7, 11) is 2.14. The number of carbonyl (C=O) groups is 1. The largest absolute Gasteiger partial charge is 0.444 e. The smallest absolute Gasteiger partial charge is 0.407 e. The Balaban J connectivity index is 2.41. The highest BCUT2D eigenvalue weighted by Crippen LogP contribution is 2.10. The molecule has 0 aromatic carbocycles. The molecule has 2 unspecified atom stereocenters. The molecular weight excluding hydrogens is 256 g/mol. The molecule has 0 aliphatic carbocycles. The second-order valence-corrected chi connectivity index (χ2v) is 6.60. The Morgan fingerprint density at radius 2 is 2.10 bits per heavy atom. The summed E-state index contributed by atoms with van der Waals surface area (Å²) in [6.07, 6.45) is -0.377. The molecule has 0 aromatic rings. The maximum absolute atomic E-state index is 11.7. The van der Waals surface area contributed by atoms with Crippen molar-refractivity contribution in [1.82, 2.24) is 15.1 Å². The van der Waals surface area contributed by atoms with Gasteiger partial charge in [-0.25, -0.2) is 4.79 Å². The van der Waals surface area contributed by atoms with Crippen LogP contribution < -0.4 is 11.1 Å². The van der Waals surface area contributed by atoms with Crippen molar-refractivity contribution in [3.8, 4) is 0 Å². The number of hydrogen-bond donors (Lipinski definition) is 2. The van der Waals surface area contributed by atoms with Gasteiger partial charge in [-0.15, -0.1) is 0 Å². The number of hydrogen-bond acceptors (Lipinski definition) is 5. The maximum atomic E-state index is 11.7. The van der Waals surface area contributed by atoms with Crippen molar-refractivity contribution in [2.45, 2.75) is 45.4 Å². The average Bonchev–Trinajstić information content (AvgIpc) is 2.32. The van der Waals surface area contributed by atoms with E-state index in [1.165, 1.54) is 0 Å². The predicted octanol–water partition coefficient (Wildman–Crippen LogP) is 0.474. The van der Waals surface area contributed by atoms with E-state index in [0.29, 0.717) is 19.1 Å². The summed E-state index contributed by atoms with van der Waals surface area (Å²) in [5.41, 5.74) is 5.38. The molecule has 1 aliphatic rings. The number of alkyl carbamates (subject to hydrolysis) is 1. The van der Waals surface area contributed by atoms with Crippen LogP contribution in [0.3, 0.4) is 0 Å². The van der Waals surface area contributed by atoms with Gasteiger partial charge in [-0.2, -0.15) is 0 Å². The van der Waals surface area contributed by atoms with E-state index in [4.69, 9.17) is 10.5 Å². The Hall–Kier alpha value is -0.850. The Morgan fingerprint density at radius 3 is 2.60 bits per heavy atom. The maximum Gasteiger partial charge on any atom is 0.407 e. The van der Waals surface area contributed by atoms with E-state index in [1.807, 2.05) is 20.8 Å². The van der Waals surface area contributed by atoms with Crippen LogP contribution in [0.1, 0.15) is 27.7 Å². The number of amides is 1. The van der Waals surface area contributed by atoms with Gasteiger partial charge in [0.05, 0.1) is 0 Å². The second kappa shape index (κ2) is 7.24. The van der Waals surface area contributed by atoms with E-state index in [0.717, 1.165) is 19.6 Å². The first-order chi connectivity index (χ1) is 9.23. The van der Waals surface area contributed by atoms with Gasteiger partial charge in [-0.1, -0.05) is 0 Å². The Labute approximate surface area is 122 Å². The molecule has 1 saturated heterocycles. The molecule has 1 rings (SSSR count). The van der Waals surface area contributed by atoms with Gasteiger partial charge in [0.2, 0.25) is 0 Å². The van der Waals surface area contributed by atoms with Crippen LogP contribution in [-0.4, -0.2) is 73.3 Å². The zero-order valence-corrected chi connectivity index (χ0v) is 13.5. The van der Waals surface area contributed by atoms with Crippen LogP contribution in [0.25, 0.3) is 0 Å². The number of nitrogens with one attached hydrogen (secondary N) is 1. The topological polar surface area (TPSA) is 70.8 Å². The number of nitrogens with zero attached hydrogens (tertiary/aromatic N) is 2. The van der Waals surface area contributed by atoms with Gasteiger partial charge in [0.15, 0.2) is 0 Å². The van der Waals surface area contributed by atoms with Gasteiger partial charge in [0.25, 0.3) is 0 Å². The fourth-order valence-electron chi connectivity index (χ4n) is 2.29. The fourth-order valence-corrected chi connectivity index (χ4v) is 2.29. The zero-order valence-electron chi connectivity index (χ0n) is 13.5. The first kappa shape index (κ1) is 17.2. The van der Waals surface area contributed by atoms with Gasteiger partial charge in [0.1, 0.15) is 5.60 Å². The number of carbonyl (C=O) groups excluding carboxylic acids is 1. The monoisotopic (exact) mass is 286 g/mol. The normalized spacial score (nSPS) is 23.4. The van der Waals surface area contributed by atoms with Crippen molar-refractivity contribution in [2.24, 2.45) is 5.73 Å². The van der Waals surface area contributed by atoms with Gasteiger partial charge >= 0.3 is 6.09 Å². The third-order valence-electron chi connectivity index (χ3n) is 3.66. The van der Waals surface area contributed by atoms with Gasteiger partial charge in [-0.05, 0) is 34.7 Å². The summed E-state index contributed by atoms with van der Waals surface area (Å²) in [6.45, 7) is 11.8. The van der Waals surface area contributed by atoms with Crippen LogP contribution in [-0.2, 0) is 4.74 Å². The molecule has 6 heteroatoms. The lowest BCUT2D eigenvalue weighted by Crippen LogP contribution is -2.57. The van der Waals surface area contributed by atoms with Crippen molar-refractivity contribution in [3.05, 3.63) is 0 Å². The van der Waals surface area contributed by atoms with E-state index in [-0.39, 0.29) is 12.1 Å². The van der Waals surface area contributed by atoms with Crippen molar-refractivity contribution < 1.29 is 9.53 Å². The molecule has 0 spiro atoms. The SMILES string of the molecule is CC1CN(C(CN)CNC(=O)OC(C)(C)C)CCN1C. The molecule has 1 fully saturated rings. The Morgan fingerprint density at radius 1 is 1.45 bits per heavy atom. The van der Waals surface area contributed by atoms with E-state index in [1.54, 1.807) is 0 Å². The van der Waals surface area contributed by atoms with Gasteiger partial charge in [-0.3, -0.25) is 4.90 Å². The average molecular weight is 286 g/mol. The molecule has 2 atom stereocenters. The third kappa shape index (κ3) is 5.64. The zero-order chi connectivity index (χ0) is 15.3. The quantitative estimate of drug-likeness (QED) is 0.786.